The zero-order valence-corrected chi connectivity index (χ0v) is 17.6. The van der Waals surface area contributed by atoms with Gasteiger partial charge in [-0.15, -0.1) is 0 Å². The lowest BCUT2D eigenvalue weighted by Crippen LogP contribution is -2.30. The van der Waals surface area contributed by atoms with Gasteiger partial charge in [-0.05, 0) is 41.8 Å². The number of aliphatic carboxylic acids is 1. The van der Waals surface area contributed by atoms with Gasteiger partial charge < -0.3 is 20.0 Å². The van der Waals surface area contributed by atoms with Gasteiger partial charge in [0.15, 0.2) is 0 Å². The van der Waals surface area contributed by atoms with Crippen LogP contribution in [0.3, 0.4) is 0 Å². The lowest BCUT2D eigenvalue weighted by Gasteiger charge is -2.25. The van der Waals surface area contributed by atoms with E-state index in [0.29, 0.717) is 0 Å². The van der Waals surface area contributed by atoms with E-state index < -0.39 is 5.97 Å². The minimum atomic E-state index is -0.833. The van der Waals surface area contributed by atoms with Crippen LogP contribution in [0.15, 0.2) is 66.7 Å². The number of nitrogens with one attached hydrogen (secondary N) is 2. The van der Waals surface area contributed by atoms with Crippen LogP contribution in [0.25, 0.3) is 32.7 Å². The van der Waals surface area contributed by atoms with Crippen molar-refractivity contribution in [3.05, 3.63) is 83.6 Å². The Balaban J connectivity index is 0.000000473. The lowest BCUT2D eigenvalue weighted by molar-refractivity contribution is -0.134. The number of aryl methyl sites for hydroxylation is 1. The Morgan fingerprint density at radius 3 is 2.45 bits per heavy atom. The van der Waals surface area contributed by atoms with Crippen molar-refractivity contribution in [2.45, 2.75) is 19.4 Å². The molecule has 0 aliphatic carbocycles. The van der Waals surface area contributed by atoms with Crippen molar-refractivity contribution in [1.82, 2.24) is 14.9 Å². The summed E-state index contributed by atoms with van der Waals surface area (Å²) in [6.07, 6.45) is 1.08. The lowest BCUT2D eigenvalue weighted by atomic mass is 9.93. The molecule has 0 radical (unpaired) electrons. The zero-order chi connectivity index (χ0) is 21.5. The molecule has 0 fully saturated rings. The van der Waals surface area contributed by atoms with Crippen LogP contribution in [-0.2, 0) is 18.3 Å². The van der Waals surface area contributed by atoms with Gasteiger partial charge in [0.2, 0.25) is 0 Å². The minimum Gasteiger partial charge on any atom is -0.481 e. The molecule has 0 bridgehead atoms. The van der Waals surface area contributed by atoms with Crippen molar-refractivity contribution < 1.29 is 9.90 Å². The number of fused-ring (bicyclic) bond motifs is 6. The Bertz CT molecular complexity index is 1420. The first-order valence-electron chi connectivity index (χ1n) is 10.5. The maximum atomic E-state index is 9.00. The third-order valence-corrected chi connectivity index (χ3v) is 6.13. The standard InChI is InChI=1S/C24H21N3.C2H4O2/c1-27-21-9-5-3-7-17(21)19-14-15(10-11-22(19)27)23-24-18(12-13-25-23)16-6-2-4-8-20(16)26-24;1-2(3)4/h2-11,14,23,25-26H,12-13H2,1H3;1H3,(H,3,4). The van der Waals surface area contributed by atoms with Gasteiger partial charge in [-0.25, -0.2) is 0 Å². The van der Waals surface area contributed by atoms with E-state index in [1.807, 2.05) is 0 Å². The van der Waals surface area contributed by atoms with Crippen LogP contribution in [0.1, 0.15) is 29.8 Å². The molecule has 2 aromatic heterocycles. The number of hydrogen-bond acceptors (Lipinski definition) is 2. The van der Waals surface area contributed by atoms with Crippen LogP contribution in [0.5, 0.6) is 0 Å². The Kier molecular flexibility index (Phi) is 4.75. The highest BCUT2D eigenvalue weighted by Crippen LogP contribution is 2.36. The summed E-state index contributed by atoms with van der Waals surface area (Å²) in [6.45, 7) is 2.09. The van der Waals surface area contributed by atoms with Crippen molar-refractivity contribution >= 4 is 38.7 Å². The summed E-state index contributed by atoms with van der Waals surface area (Å²) < 4.78 is 2.29. The van der Waals surface area contributed by atoms with Crippen LogP contribution in [-0.4, -0.2) is 27.2 Å². The van der Waals surface area contributed by atoms with E-state index in [4.69, 9.17) is 9.90 Å². The molecule has 5 heteroatoms. The van der Waals surface area contributed by atoms with Crippen molar-refractivity contribution in [2.75, 3.05) is 6.54 Å². The molecule has 3 heterocycles. The number of benzene rings is 3. The van der Waals surface area contributed by atoms with Gasteiger partial charge in [0.25, 0.3) is 5.97 Å². The number of nitrogens with zero attached hydrogens (tertiary/aromatic N) is 1. The summed E-state index contributed by atoms with van der Waals surface area (Å²) in [7, 11) is 2.15. The Morgan fingerprint density at radius 2 is 1.65 bits per heavy atom. The molecule has 3 N–H and O–H groups in total. The van der Waals surface area contributed by atoms with E-state index in [9.17, 15) is 0 Å². The second kappa shape index (κ2) is 7.60. The van der Waals surface area contributed by atoms with Gasteiger partial charge >= 0.3 is 0 Å². The average Bonchev–Trinajstić information content (AvgIpc) is 3.29. The summed E-state index contributed by atoms with van der Waals surface area (Å²) in [5.41, 5.74) is 7.92. The van der Waals surface area contributed by atoms with Crippen LogP contribution in [0.2, 0.25) is 0 Å². The quantitative estimate of drug-likeness (QED) is 0.358. The molecule has 156 valence electrons. The first-order valence-corrected chi connectivity index (χ1v) is 10.5. The van der Waals surface area contributed by atoms with Crippen molar-refractivity contribution in [3.63, 3.8) is 0 Å². The number of aromatic amines is 1. The highest BCUT2D eigenvalue weighted by atomic mass is 16.4. The number of para-hydroxylation sites is 2. The predicted octanol–water partition coefficient (Wildman–Crippen LogP) is 5.14. The highest BCUT2D eigenvalue weighted by Gasteiger charge is 2.25. The Hall–Kier alpha value is -3.57. The number of hydrogen-bond donors (Lipinski definition) is 3. The van der Waals surface area contributed by atoms with Crippen LogP contribution in [0, 0.1) is 0 Å². The van der Waals surface area contributed by atoms with Crippen molar-refractivity contribution in [1.29, 1.82) is 0 Å². The van der Waals surface area contributed by atoms with Gasteiger partial charge in [-0.1, -0.05) is 42.5 Å². The molecule has 0 saturated heterocycles. The summed E-state index contributed by atoms with van der Waals surface area (Å²) >= 11 is 0. The highest BCUT2D eigenvalue weighted by molar-refractivity contribution is 6.08. The van der Waals surface area contributed by atoms with Gasteiger partial charge in [-0.2, -0.15) is 0 Å². The predicted molar refractivity (Wildman–Crippen MR) is 126 cm³/mol. The Labute approximate surface area is 180 Å². The number of rotatable bonds is 1. The maximum Gasteiger partial charge on any atom is 0.300 e. The molecule has 31 heavy (non-hydrogen) atoms. The van der Waals surface area contributed by atoms with Crippen molar-refractivity contribution in [2.24, 2.45) is 7.05 Å². The van der Waals surface area contributed by atoms with Crippen LogP contribution < -0.4 is 5.32 Å². The summed E-state index contributed by atoms with van der Waals surface area (Å²) in [5, 5.41) is 15.2. The van der Waals surface area contributed by atoms with E-state index in [1.54, 1.807) is 0 Å². The summed E-state index contributed by atoms with van der Waals surface area (Å²) in [4.78, 5) is 12.7. The summed E-state index contributed by atoms with van der Waals surface area (Å²) in [6, 6.07) is 24.4. The molecule has 1 atom stereocenters. The van der Waals surface area contributed by atoms with Crippen molar-refractivity contribution in [3.8, 4) is 0 Å². The maximum absolute atomic E-state index is 9.00. The first-order chi connectivity index (χ1) is 15.0. The van der Waals surface area contributed by atoms with Crippen LogP contribution >= 0.6 is 0 Å². The van der Waals surface area contributed by atoms with E-state index in [1.165, 1.54) is 49.5 Å². The first kappa shape index (κ1) is 19.4. The number of aromatic nitrogens is 2. The topological polar surface area (TPSA) is 70.0 Å². The molecule has 0 amide bonds. The van der Waals surface area contributed by atoms with Crippen LogP contribution in [0.4, 0.5) is 0 Å². The third kappa shape index (κ3) is 3.27. The molecule has 1 unspecified atom stereocenters. The molecule has 0 spiro atoms. The Morgan fingerprint density at radius 1 is 0.968 bits per heavy atom. The van der Waals surface area contributed by atoms with E-state index in [0.717, 1.165) is 19.9 Å². The second-order valence-electron chi connectivity index (χ2n) is 8.07. The van der Waals surface area contributed by atoms with E-state index in [-0.39, 0.29) is 6.04 Å². The van der Waals surface area contributed by atoms with E-state index in [2.05, 4.69) is 88.6 Å². The number of carbonyl (C=O) groups is 1. The van der Waals surface area contributed by atoms with Gasteiger partial charge in [0.1, 0.15) is 0 Å². The SMILES string of the molecule is CC(=O)O.Cn1c2ccccc2c2cc(C3NCCc4c3[nH]c3ccccc43)ccc21. The molecule has 6 rings (SSSR count). The molecule has 5 nitrogen and oxygen atoms in total. The fourth-order valence-electron chi connectivity index (χ4n) is 4.83. The molecule has 5 aromatic rings. The molecule has 3 aromatic carbocycles. The number of carboxylic acids is 1. The molecular formula is C26H25N3O2. The van der Waals surface area contributed by atoms with Gasteiger partial charge in [-0.3, -0.25) is 4.79 Å². The monoisotopic (exact) mass is 411 g/mol. The van der Waals surface area contributed by atoms with Gasteiger partial charge in [0, 0.05) is 58.9 Å². The zero-order valence-electron chi connectivity index (χ0n) is 17.6. The average molecular weight is 412 g/mol. The fraction of sp³-hybridized carbons (Fsp3) is 0.192. The molecule has 1 aliphatic rings. The van der Waals surface area contributed by atoms with E-state index >= 15 is 0 Å². The second-order valence-corrected chi connectivity index (χ2v) is 8.07. The summed E-state index contributed by atoms with van der Waals surface area (Å²) in [5.74, 6) is -0.833. The fourth-order valence-corrected chi connectivity index (χ4v) is 4.83. The largest absolute Gasteiger partial charge is 0.481 e. The smallest absolute Gasteiger partial charge is 0.300 e. The number of carboxylic acid groups (broad SMARTS) is 1. The molecule has 0 saturated carbocycles. The molecule has 1 aliphatic heterocycles. The molecular weight excluding hydrogens is 386 g/mol. The normalized spacial score (nSPS) is 15.6. The minimum absolute atomic E-state index is 0.213. The third-order valence-electron chi connectivity index (χ3n) is 6.13. The number of H-pyrrole nitrogens is 1. The van der Waals surface area contributed by atoms with Gasteiger partial charge in [0.05, 0.1) is 6.04 Å².